The molecule has 4 rings (SSSR count). The van der Waals surface area contributed by atoms with Gasteiger partial charge in [0.2, 0.25) is 0 Å². The molecule has 2 heterocycles. The topological polar surface area (TPSA) is 54.3 Å². The quantitative estimate of drug-likeness (QED) is 0.658. The molecular formula is C21H21ClFN5O. The third kappa shape index (κ3) is 4.24. The Morgan fingerprint density at radius 3 is 2.66 bits per heavy atom. The van der Waals surface area contributed by atoms with Crippen molar-refractivity contribution < 1.29 is 9.18 Å². The molecule has 0 saturated carbocycles. The van der Waals surface area contributed by atoms with E-state index < -0.39 is 0 Å². The molecular weight excluding hydrogens is 393 g/mol. The number of anilines is 1. The largest absolute Gasteiger partial charge is 0.368 e. The average Bonchev–Trinajstić information content (AvgIpc) is 3.20. The summed E-state index contributed by atoms with van der Waals surface area (Å²) in [6.07, 6.45) is 1.57. The summed E-state index contributed by atoms with van der Waals surface area (Å²) in [6.45, 7) is 4.90. The van der Waals surface area contributed by atoms with Crippen LogP contribution in [0.4, 0.5) is 10.1 Å². The van der Waals surface area contributed by atoms with Crippen LogP contribution in [0.25, 0.3) is 0 Å². The van der Waals surface area contributed by atoms with Gasteiger partial charge in [-0.15, -0.1) is 5.10 Å². The lowest BCUT2D eigenvalue weighted by Crippen LogP contribution is -2.49. The maximum Gasteiger partial charge on any atom is 0.276 e. The Kier molecular flexibility index (Phi) is 5.49. The van der Waals surface area contributed by atoms with Crippen molar-refractivity contribution >= 4 is 23.2 Å². The Morgan fingerprint density at radius 2 is 1.90 bits per heavy atom. The Labute approximate surface area is 173 Å². The first-order chi connectivity index (χ1) is 14.0. The predicted octanol–water partition coefficient (Wildman–Crippen LogP) is 3.39. The van der Waals surface area contributed by atoms with Gasteiger partial charge >= 0.3 is 0 Å². The first-order valence-corrected chi connectivity index (χ1v) is 9.83. The maximum absolute atomic E-state index is 13.8. The number of amides is 1. The van der Waals surface area contributed by atoms with Crippen molar-refractivity contribution in [3.63, 3.8) is 0 Å². The van der Waals surface area contributed by atoms with Crippen molar-refractivity contribution in [3.05, 3.63) is 76.3 Å². The van der Waals surface area contributed by atoms with Crippen LogP contribution in [0.5, 0.6) is 0 Å². The molecule has 29 heavy (non-hydrogen) atoms. The van der Waals surface area contributed by atoms with Crippen LogP contribution in [0, 0.1) is 12.7 Å². The van der Waals surface area contributed by atoms with E-state index in [9.17, 15) is 9.18 Å². The molecule has 6 nitrogen and oxygen atoms in total. The molecule has 0 atom stereocenters. The zero-order chi connectivity index (χ0) is 20.4. The fraction of sp³-hybridized carbons (Fsp3) is 0.286. The molecule has 0 aliphatic carbocycles. The van der Waals surface area contributed by atoms with Crippen molar-refractivity contribution in [1.29, 1.82) is 0 Å². The maximum atomic E-state index is 13.8. The normalized spacial score (nSPS) is 14.3. The third-order valence-electron chi connectivity index (χ3n) is 5.13. The number of benzene rings is 2. The van der Waals surface area contributed by atoms with Gasteiger partial charge in [0.25, 0.3) is 5.91 Å². The summed E-state index contributed by atoms with van der Waals surface area (Å²) < 4.78 is 15.3. The molecule has 1 fully saturated rings. The summed E-state index contributed by atoms with van der Waals surface area (Å²) in [6, 6.07) is 12.3. The van der Waals surface area contributed by atoms with E-state index in [1.165, 1.54) is 10.7 Å². The first-order valence-electron chi connectivity index (χ1n) is 9.45. The van der Waals surface area contributed by atoms with E-state index >= 15 is 0 Å². The number of rotatable bonds is 4. The Bertz CT molecular complexity index is 1030. The van der Waals surface area contributed by atoms with Crippen LogP contribution in [0.1, 0.15) is 21.6 Å². The molecule has 1 aliphatic rings. The predicted molar refractivity (Wildman–Crippen MR) is 110 cm³/mol. The fourth-order valence-electron chi connectivity index (χ4n) is 3.51. The van der Waals surface area contributed by atoms with E-state index in [1.54, 1.807) is 29.3 Å². The van der Waals surface area contributed by atoms with E-state index in [4.69, 9.17) is 11.6 Å². The zero-order valence-corrected chi connectivity index (χ0v) is 16.8. The van der Waals surface area contributed by atoms with Gasteiger partial charge < -0.3 is 9.80 Å². The molecule has 0 spiro atoms. The lowest BCUT2D eigenvalue weighted by Gasteiger charge is -2.36. The van der Waals surface area contributed by atoms with Crippen LogP contribution in [0.3, 0.4) is 0 Å². The third-order valence-corrected chi connectivity index (χ3v) is 5.36. The summed E-state index contributed by atoms with van der Waals surface area (Å²) in [7, 11) is 0. The molecule has 8 heteroatoms. The van der Waals surface area contributed by atoms with Gasteiger partial charge in [-0.2, -0.15) is 0 Å². The molecule has 150 valence electrons. The minimum Gasteiger partial charge on any atom is -0.368 e. The smallest absolute Gasteiger partial charge is 0.276 e. The average molecular weight is 414 g/mol. The summed E-state index contributed by atoms with van der Waals surface area (Å²) >= 11 is 6.13. The Morgan fingerprint density at radius 1 is 1.14 bits per heavy atom. The van der Waals surface area contributed by atoms with Crippen LogP contribution in [0.2, 0.25) is 5.02 Å². The van der Waals surface area contributed by atoms with E-state index in [-0.39, 0.29) is 24.0 Å². The van der Waals surface area contributed by atoms with Gasteiger partial charge in [-0.05, 0) is 30.7 Å². The van der Waals surface area contributed by atoms with Crippen LogP contribution in [-0.2, 0) is 6.54 Å². The molecule has 1 aliphatic heterocycles. The fourth-order valence-corrected chi connectivity index (χ4v) is 3.68. The number of carbonyl (C=O) groups is 1. The van der Waals surface area contributed by atoms with Crippen LogP contribution < -0.4 is 4.90 Å². The van der Waals surface area contributed by atoms with Crippen LogP contribution >= 0.6 is 11.6 Å². The summed E-state index contributed by atoms with van der Waals surface area (Å²) in [5.74, 6) is -0.462. The van der Waals surface area contributed by atoms with E-state index in [2.05, 4.69) is 22.1 Å². The summed E-state index contributed by atoms with van der Waals surface area (Å²) in [5, 5.41) is 8.67. The summed E-state index contributed by atoms with van der Waals surface area (Å²) in [5.41, 5.74) is 3.03. The molecule has 0 unspecified atom stereocenters. The molecule has 0 bridgehead atoms. The van der Waals surface area contributed by atoms with E-state index in [0.717, 1.165) is 24.3 Å². The number of piperazine rings is 1. The number of carbonyl (C=O) groups excluding carboxylic acids is 1. The van der Waals surface area contributed by atoms with Gasteiger partial charge in [0, 0.05) is 42.5 Å². The van der Waals surface area contributed by atoms with Crippen molar-refractivity contribution in [2.45, 2.75) is 13.5 Å². The van der Waals surface area contributed by atoms with Crippen molar-refractivity contribution in [3.8, 4) is 0 Å². The van der Waals surface area contributed by atoms with E-state index in [0.29, 0.717) is 23.7 Å². The number of aryl methyl sites for hydroxylation is 1. The highest BCUT2D eigenvalue weighted by Crippen LogP contribution is 2.25. The first kappa shape index (κ1) is 19.4. The zero-order valence-electron chi connectivity index (χ0n) is 16.1. The molecule has 3 aromatic rings. The van der Waals surface area contributed by atoms with Crippen molar-refractivity contribution in [1.82, 2.24) is 19.9 Å². The van der Waals surface area contributed by atoms with Crippen molar-refractivity contribution in [2.24, 2.45) is 0 Å². The molecule has 0 N–H and O–H groups in total. The number of hydrogen-bond acceptors (Lipinski definition) is 4. The lowest BCUT2D eigenvalue weighted by atomic mass is 10.1. The van der Waals surface area contributed by atoms with Crippen molar-refractivity contribution in [2.75, 3.05) is 31.1 Å². The second-order valence-corrected chi connectivity index (χ2v) is 7.54. The standard InChI is InChI=1S/C21H21ClFN5O/c1-15-6-7-17(22)12-20(15)26-8-10-27(11-9-26)21(29)19-14-28(25-24-19)13-16-4-2-3-5-18(16)23/h2-7,12,14H,8-11,13H2,1H3. The Hall–Kier alpha value is -2.93. The number of halogens is 2. The number of hydrogen-bond donors (Lipinski definition) is 0. The van der Waals surface area contributed by atoms with Gasteiger partial charge in [0.15, 0.2) is 5.69 Å². The molecule has 1 amide bonds. The highest BCUT2D eigenvalue weighted by molar-refractivity contribution is 6.30. The van der Waals surface area contributed by atoms with E-state index in [1.807, 2.05) is 18.2 Å². The molecule has 2 aromatic carbocycles. The van der Waals surface area contributed by atoms with Gasteiger partial charge in [0.05, 0.1) is 12.7 Å². The van der Waals surface area contributed by atoms with Gasteiger partial charge in [0.1, 0.15) is 5.82 Å². The van der Waals surface area contributed by atoms with Crippen LogP contribution in [-0.4, -0.2) is 52.0 Å². The second kappa shape index (κ2) is 8.21. The summed E-state index contributed by atoms with van der Waals surface area (Å²) in [4.78, 5) is 16.8. The minimum absolute atomic E-state index is 0.160. The van der Waals surface area contributed by atoms with Gasteiger partial charge in [-0.3, -0.25) is 4.79 Å². The second-order valence-electron chi connectivity index (χ2n) is 7.10. The molecule has 1 aromatic heterocycles. The number of aromatic nitrogens is 3. The highest BCUT2D eigenvalue weighted by Gasteiger charge is 2.25. The highest BCUT2D eigenvalue weighted by atomic mass is 35.5. The molecule has 1 saturated heterocycles. The SMILES string of the molecule is Cc1ccc(Cl)cc1N1CCN(C(=O)c2cn(Cc3ccccc3F)nn2)CC1. The number of nitrogens with zero attached hydrogens (tertiary/aromatic N) is 5. The van der Waals surface area contributed by atoms with Gasteiger partial charge in [-0.1, -0.05) is 41.1 Å². The molecule has 0 radical (unpaired) electrons. The lowest BCUT2D eigenvalue weighted by molar-refractivity contribution is 0.0740. The minimum atomic E-state index is -0.302. The monoisotopic (exact) mass is 413 g/mol. The Balaban J connectivity index is 1.39. The van der Waals surface area contributed by atoms with Crippen LogP contribution in [0.15, 0.2) is 48.7 Å². The van der Waals surface area contributed by atoms with Gasteiger partial charge in [-0.25, -0.2) is 9.07 Å².